The Kier molecular flexibility index (Phi) is 1.42. The Labute approximate surface area is 58.0 Å². The molecule has 0 heteroatoms. The lowest BCUT2D eigenvalue weighted by Gasteiger charge is -2.24. The van der Waals surface area contributed by atoms with Crippen LogP contribution in [-0.4, -0.2) is 0 Å². The first kappa shape index (κ1) is 6.85. The molecule has 0 amide bonds. The van der Waals surface area contributed by atoms with Crippen LogP contribution in [0.5, 0.6) is 0 Å². The Morgan fingerprint density at radius 2 is 2.00 bits per heavy atom. The van der Waals surface area contributed by atoms with Gasteiger partial charge in [0.1, 0.15) is 0 Å². The van der Waals surface area contributed by atoms with Crippen LogP contribution in [0.3, 0.4) is 0 Å². The van der Waals surface area contributed by atoms with Crippen LogP contribution in [0, 0.1) is 17.8 Å². The molecule has 0 aliphatic heterocycles. The standard InChI is InChI=1S/C9H15/c1-7-5-6-9(3,4)8(7)2/h5-6,8H,1-4H3. The van der Waals surface area contributed by atoms with E-state index in [9.17, 15) is 0 Å². The van der Waals surface area contributed by atoms with Gasteiger partial charge in [-0.1, -0.05) is 32.4 Å². The molecule has 0 aromatic rings. The van der Waals surface area contributed by atoms with Crippen LogP contribution >= 0.6 is 0 Å². The molecular formula is C9H15. The van der Waals surface area contributed by atoms with Crippen LogP contribution in [0.25, 0.3) is 0 Å². The van der Waals surface area contributed by atoms with Crippen LogP contribution in [0.1, 0.15) is 27.7 Å². The molecule has 0 aromatic heterocycles. The van der Waals surface area contributed by atoms with Crippen LogP contribution in [0.2, 0.25) is 0 Å². The Morgan fingerprint density at radius 3 is 2.11 bits per heavy atom. The molecule has 0 heterocycles. The normalized spacial score (nSPS) is 32.4. The van der Waals surface area contributed by atoms with Gasteiger partial charge in [-0.05, 0) is 24.7 Å². The minimum absolute atomic E-state index is 0.407. The van der Waals surface area contributed by atoms with E-state index in [4.69, 9.17) is 0 Å². The highest BCUT2D eigenvalue weighted by molar-refractivity contribution is 5.23. The van der Waals surface area contributed by atoms with Gasteiger partial charge >= 0.3 is 0 Å². The fourth-order valence-electron chi connectivity index (χ4n) is 1.22. The molecule has 1 radical (unpaired) electrons. The number of hydrogen-bond donors (Lipinski definition) is 0. The maximum atomic E-state index is 2.30. The molecule has 0 saturated heterocycles. The average molecular weight is 123 g/mol. The summed E-state index contributed by atoms with van der Waals surface area (Å²) in [5.74, 6) is 0.734. The molecule has 0 saturated carbocycles. The van der Waals surface area contributed by atoms with Gasteiger partial charge in [0.05, 0.1) is 0 Å². The predicted octanol–water partition coefficient (Wildman–Crippen LogP) is 2.81. The maximum Gasteiger partial charge on any atom is -0.0105 e. The Hall–Kier alpha value is -0.260. The molecule has 1 aliphatic rings. The fourth-order valence-corrected chi connectivity index (χ4v) is 1.22. The van der Waals surface area contributed by atoms with Crippen LogP contribution in [-0.2, 0) is 0 Å². The topological polar surface area (TPSA) is 0 Å². The second-order valence-electron chi connectivity index (χ2n) is 3.62. The summed E-state index contributed by atoms with van der Waals surface area (Å²) in [6, 6.07) is 0. The molecule has 1 unspecified atom stereocenters. The predicted molar refractivity (Wildman–Crippen MR) is 41.0 cm³/mol. The van der Waals surface area contributed by atoms with E-state index >= 15 is 0 Å². The Balaban J connectivity index is 2.73. The third-order valence-electron chi connectivity index (χ3n) is 2.57. The summed E-state index contributed by atoms with van der Waals surface area (Å²) in [5, 5.41) is 0. The summed E-state index contributed by atoms with van der Waals surface area (Å²) in [4.78, 5) is 0. The van der Waals surface area contributed by atoms with E-state index in [1.54, 1.807) is 0 Å². The number of rotatable bonds is 0. The number of hydrogen-bond acceptors (Lipinski definition) is 0. The molecule has 0 N–H and O–H groups in total. The molecule has 0 fully saturated rings. The fraction of sp³-hybridized carbons (Fsp3) is 0.667. The molecule has 0 aromatic carbocycles. The highest BCUT2D eigenvalue weighted by Gasteiger charge is 2.30. The highest BCUT2D eigenvalue weighted by Crippen LogP contribution is 2.40. The van der Waals surface area contributed by atoms with E-state index < -0.39 is 0 Å². The molecular weight excluding hydrogens is 108 g/mol. The summed E-state index contributed by atoms with van der Waals surface area (Å²) in [6.45, 7) is 9.06. The van der Waals surface area contributed by atoms with E-state index in [-0.39, 0.29) is 0 Å². The summed E-state index contributed by atoms with van der Waals surface area (Å²) < 4.78 is 0. The summed E-state index contributed by atoms with van der Waals surface area (Å²) in [6.07, 6.45) is 4.54. The van der Waals surface area contributed by atoms with Crippen molar-refractivity contribution in [2.75, 3.05) is 0 Å². The molecule has 0 nitrogen and oxygen atoms in total. The summed E-state index contributed by atoms with van der Waals surface area (Å²) in [7, 11) is 0. The van der Waals surface area contributed by atoms with Crippen molar-refractivity contribution >= 4 is 0 Å². The monoisotopic (exact) mass is 123 g/mol. The lowest BCUT2D eigenvalue weighted by molar-refractivity contribution is 0.351. The largest absolute Gasteiger partial charge is 0.0810 e. The van der Waals surface area contributed by atoms with Crippen molar-refractivity contribution in [3.05, 3.63) is 18.1 Å². The van der Waals surface area contributed by atoms with E-state index in [1.807, 2.05) is 0 Å². The first-order valence-electron chi connectivity index (χ1n) is 3.57. The zero-order valence-electron chi connectivity index (χ0n) is 6.73. The zero-order valence-corrected chi connectivity index (χ0v) is 6.73. The average Bonchev–Trinajstić information content (AvgIpc) is 1.97. The SMILES string of the molecule is CC1=C[CH]C(C)(C)C1C. The molecule has 1 atom stereocenters. The van der Waals surface area contributed by atoms with Gasteiger partial charge < -0.3 is 0 Å². The quantitative estimate of drug-likeness (QED) is 0.464. The van der Waals surface area contributed by atoms with Crippen LogP contribution in [0.15, 0.2) is 11.6 Å². The van der Waals surface area contributed by atoms with Gasteiger partial charge in [0.25, 0.3) is 0 Å². The van der Waals surface area contributed by atoms with E-state index in [0.717, 1.165) is 5.92 Å². The van der Waals surface area contributed by atoms with Gasteiger partial charge in [-0.25, -0.2) is 0 Å². The second kappa shape index (κ2) is 1.86. The zero-order chi connectivity index (χ0) is 7.07. The highest BCUT2D eigenvalue weighted by atomic mass is 14.3. The van der Waals surface area contributed by atoms with Gasteiger partial charge in [0, 0.05) is 0 Å². The third-order valence-corrected chi connectivity index (χ3v) is 2.57. The smallest absolute Gasteiger partial charge is 0.0105 e. The summed E-state index contributed by atoms with van der Waals surface area (Å²) >= 11 is 0. The minimum atomic E-state index is 0.407. The molecule has 0 bridgehead atoms. The molecule has 1 rings (SSSR count). The van der Waals surface area contributed by atoms with Crippen molar-refractivity contribution in [1.29, 1.82) is 0 Å². The third kappa shape index (κ3) is 1.03. The van der Waals surface area contributed by atoms with Crippen molar-refractivity contribution in [2.45, 2.75) is 27.7 Å². The molecule has 0 spiro atoms. The first-order valence-corrected chi connectivity index (χ1v) is 3.57. The van der Waals surface area contributed by atoms with E-state index in [1.165, 1.54) is 5.57 Å². The van der Waals surface area contributed by atoms with Crippen molar-refractivity contribution in [1.82, 2.24) is 0 Å². The first-order chi connectivity index (χ1) is 4.04. The minimum Gasteiger partial charge on any atom is -0.0810 e. The molecule has 9 heavy (non-hydrogen) atoms. The Bertz CT molecular complexity index is 140. The van der Waals surface area contributed by atoms with Gasteiger partial charge in [-0.15, -0.1) is 0 Å². The lowest BCUT2D eigenvalue weighted by atomic mass is 9.80. The maximum absolute atomic E-state index is 2.30. The molecule has 1 aliphatic carbocycles. The van der Waals surface area contributed by atoms with Gasteiger partial charge in [-0.3, -0.25) is 0 Å². The van der Waals surface area contributed by atoms with E-state index in [2.05, 4.69) is 40.2 Å². The van der Waals surface area contributed by atoms with E-state index in [0.29, 0.717) is 5.41 Å². The Morgan fingerprint density at radius 1 is 1.44 bits per heavy atom. The second-order valence-corrected chi connectivity index (χ2v) is 3.62. The lowest BCUT2D eigenvalue weighted by Crippen LogP contribution is -2.16. The van der Waals surface area contributed by atoms with Gasteiger partial charge in [0.15, 0.2) is 0 Å². The van der Waals surface area contributed by atoms with Gasteiger partial charge in [-0.2, -0.15) is 0 Å². The van der Waals surface area contributed by atoms with Crippen molar-refractivity contribution in [3.63, 3.8) is 0 Å². The van der Waals surface area contributed by atoms with Crippen molar-refractivity contribution < 1.29 is 0 Å². The summed E-state index contributed by atoms with van der Waals surface area (Å²) in [5.41, 5.74) is 1.92. The van der Waals surface area contributed by atoms with Crippen LogP contribution in [0.4, 0.5) is 0 Å². The number of allylic oxidation sites excluding steroid dienone is 2. The van der Waals surface area contributed by atoms with Crippen molar-refractivity contribution in [2.24, 2.45) is 11.3 Å². The molecule has 51 valence electrons. The van der Waals surface area contributed by atoms with Crippen molar-refractivity contribution in [3.8, 4) is 0 Å². The van der Waals surface area contributed by atoms with Crippen LogP contribution < -0.4 is 0 Å². The van der Waals surface area contributed by atoms with Gasteiger partial charge in [0.2, 0.25) is 0 Å².